The average molecular weight is 335 g/mol. The van der Waals surface area contributed by atoms with E-state index >= 15 is 0 Å². The van der Waals surface area contributed by atoms with Crippen molar-refractivity contribution in [3.63, 3.8) is 0 Å². The molecule has 4 fully saturated rings. The van der Waals surface area contributed by atoms with Gasteiger partial charge in [0.05, 0.1) is 11.5 Å². The van der Waals surface area contributed by atoms with E-state index in [-0.39, 0.29) is 5.41 Å². The lowest BCUT2D eigenvalue weighted by Crippen LogP contribution is -2.56. The number of rotatable bonds is 1. The van der Waals surface area contributed by atoms with Crippen LogP contribution in [0.5, 0.6) is 0 Å². The molecule has 0 saturated heterocycles. The molecule has 0 aliphatic heterocycles. The van der Waals surface area contributed by atoms with Gasteiger partial charge < -0.3 is 5.11 Å². The first-order valence-electron chi connectivity index (χ1n) is 9.47. The second kappa shape index (κ2) is 4.43. The predicted molar refractivity (Wildman–Crippen MR) is 90.2 cm³/mol. The SMILES string of the molecule is C[C@]12CC[C@H]3[C@@H](CCC4=CC(=O)CC[C@@H]43)[C@]13C[C@@H]3C[C@@]2(O)CCl. The maximum absolute atomic E-state index is 11.8. The van der Waals surface area contributed by atoms with Crippen LogP contribution in [0, 0.1) is 34.5 Å². The number of fused-ring (bicyclic) bond motifs is 3. The van der Waals surface area contributed by atoms with E-state index in [0.29, 0.717) is 28.9 Å². The molecule has 0 aromatic rings. The van der Waals surface area contributed by atoms with Crippen LogP contribution in [0.1, 0.15) is 58.3 Å². The highest BCUT2D eigenvalue weighted by Gasteiger charge is 2.80. The van der Waals surface area contributed by atoms with E-state index in [9.17, 15) is 9.90 Å². The number of hydrogen-bond donors (Lipinski definition) is 1. The summed E-state index contributed by atoms with van der Waals surface area (Å²) in [4.78, 5) is 11.8. The molecule has 1 N–H and O–H groups in total. The minimum absolute atomic E-state index is 0.0132. The molecule has 0 amide bonds. The van der Waals surface area contributed by atoms with Crippen LogP contribution in [-0.4, -0.2) is 22.4 Å². The van der Waals surface area contributed by atoms with E-state index in [1.165, 1.54) is 24.8 Å². The first-order chi connectivity index (χ1) is 11.0. The Labute approximate surface area is 143 Å². The molecular formula is C20H27ClO2. The van der Waals surface area contributed by atoms with Crippen molar-refractivity contribution in [2.45, 2.75) is 63.9 Å². The Morgan fingerprint density at radius 1 is 1.26 bits per heavy atom. The summed E-state index contributed by atoms with van der Waals surface area (Å²) in [5, 5.41) is 11.2. The highest BCUT2D eigenvalue weighted by molar-refractivity contribution is 6.18. The molecule has 23 heavy (non-hydrogen) atoms. The monoisotopic (exact) mass is 334 g/mol. The van der Waals surface area contributed by atoms with E-state index < -0.39 is 5.60 Å². The van der Waals surface area contributed by atoms with E-state index in [0.717, 1.165) is 43.9 Å². The van der Waals surface area contributed by atoms with Gasteiger partial charge in [-0.25, -0.2) is 0 Å². The Kier molecular flexibility index (Phi) is 2.88. The fraction of sp³-hybridized carbons (Fsp3) is 0.850. The lowest BCUT2D eigenvalue weighted by molar-refractivity contribution is -0.133. The van der Waals surface area contributed by atoms with Crippen LogP contribution in [-0.2, 0) is 4.79 Å². The standard InChI is InChI=1S/C20H27ClO2/c1-18-7-6-16-15-4-3-14(22)8-12(15)2-5-17(16)20(18)10-13(20)9-19(18,23)11-21/h8,13,15-17,23H,2-7,9-11H2,1H3/t13-,15-,16+,17+,18+,19+,20+/m0/s1. The van der Waals surface area contributed by atoms with Crippen LogP contribution >= 0.6 is 11.6 Å². The summed E-state index contributed by atoms with van der Waals surface area (Å²) < 4.78 is 0. The molecule has 0 aromatic carbocycles. The van der Waals surface area contributed by atoms with Gasteiger partial charge in [-0.3, -0.25) is 4.79 Å². The molecule has 5 aliphatic carbocycles. The number of hydrogen-bond acceptors (Lipinski definition) is 2. The molecule has 2 nitrogen and oxygen atoms in total. The topological polar surface area (TPSA) is 37.3 Å². The maximum Gasteiger partial charge on any atom is 0.155 e. The lowest BCUT2D eigenvalue weighted by Gasteiger charge is -2.58. The van der Waals surface area contributed by atoms with E-state index in [4.69, 9.17) is 11.6 Å². The minimum Gasteiger partial charge on any atom is -0.388 e. The third-order valence-corrected chi connectivity index (χ3v) is 9.40. The molecule has 5 rings (SSSR count). The number of allylic oxidation sites excluding steroid dienone is 1. The van der Waals surface area contributed by atoms with E-state index in [2.05, 4.69) is 6.92 Å². The number of aliphatic hydroxyl groups is 1. The number of alkyl halides is 1. The van der Waals surface area contributed by atoms with Gasteiger partial charge in [-0.1, -0.05) is 12.5 Å². The minimum atomic E-state index is -0.652. The van der Waals surface area contributed by atoms with Gasteiger partial charge >= 0.3 is 0 Å². The normalized spacial score (nSPS) is 57.0. The van der Waals surface area contributed by atoms with Gasteiger partial charge in [-0.05, 0) is 80.1 Å². The number of ketones is 1. The molecule has 4 saturated carbocycles. The zero-order valence-electron chi connectivity index (χ0n) is 14.0. The summed E-state index contributed by atoms with van der Waals surface area (Å²) in [6, 6.07) is 0. The van der Waals surface area contributed by atoms with Crippen molar-refractivity contribution in [2.75, 3.05) is 5.88 Å². The molecule has 126 valence electrons. The van der Waals surface area contributed by atoms with Crippen molar-refractivity contribution in [2.24, 2.45) is 34.5 Å². The van der Waals surface area contributed by atoms with Crippen molar-refractivity contribution in [1.82, 2.24) is 0 Å². The highest BCUT2D eigenvalue weighted by Crippen LogP contribution is 2.84. The number of carbonyl (C=O) groups is 1. The third-order valence-electron chi connectivity index (χ3n) is 8.95. The Morgan fingerprint density at radius 2 is 2.09 bits per heavy atom. The lowest BCUT2D eigenvalue weighted by atomic mass is 9.48. The van der Waals surface area contributed by atoms with Gasteiger partial charge in [-0.2, -0.15) is 0 Å². The first kappa shape index (κ1) is 15.0. The van der Waals surface area contributed by atoms with Crippen molar-refractivity contribution < 1.29 is 9.90 Å². The Balaban J connectivity index is 1.53. The van der Waals surface area contributed by atoms with Crippen molar-refractivity contribution >= 4 is 17.4 Å². The summed E-state index contributed by atoms with van der Waals surface area (Å²) in [5.74, 6) is 3.58. The maximum atomic E-state index is 11.8. The number of halogens is 1. The molecule has 3 heteroatoms. The van der Waals surface area contributed by atoms with Crippen molar-refractivity contribution in [1.29, 1.82) is 0 Å². The Morgan fingerprint density at radius 3 is 2.87 bits per heavy atom. The number of carbonyl (C=O) groups excluding carboxylic acids is 1. The van der Waals surface area contributed by atoms with Crippen LogP contribution in [0.15, 0.2) is 11.6 Å². The summed E-state index contributed by atoms with van der Waals surface area (Å²) in [7, 11) is 0. The summed E-state index contributed by atoms with van der Waals surface area (Å²) >= 11 is 6.25. The molecular weight excluding hydrogens is 308 g/mol. The first-order valence-corrected chi connectivity index (χ1v) is 10.0. The van der Waals surface area contributed by atoms with Gasteiger partial charge in [0.2, 0.25) is 0 Å². The van der Waals surface area contributed by atoms with Crippen LogP contribution in [0.25, 0.3) is 0 Å². The highest BCUT2D eigenvalue weighted by atomic mass is 35.5. The van der Waals surface area contributed by atoms with Gasteiger partial charge in [0.25, 0.3) is 0 Å². The van der Waals surface area contributed by atoms with Gasteiger partial charge in [0.1, 0.15) is 0 Å². The molecule has 0 heterocycles. The molecule has 7 atom stereocenters. The van der Waals surface area contributed by atoms with Crippen molar-refractivity contribution in [3.05, 3.63) is 11.6 Å². The zero-order valence-corrected chi connectivity index (χ0v) is 14.7. The summed E-state index contributed by atoms with van der Waals surface area (Å²) in [6.45, 7) is 2.34. The van der Waals surface area contributed by atoms with Gasteiger partial charge in [0.15, 0.2) is 5.78 Å². The fourth-order valence-corrected chi connectivity index (χ4v) is 8.21. The molecule has 0 unspecified atom stereocenters. The smallest absolute Gasteiger partial charge is 0.155 e. The average Bonchev–Trinajstić information content (AvgIpc) is 3.20. The summed E-state index contributed by atoms with van der Waals surface area (Å²) in [6.07, 6.45) is 10.7. The fourth-order valence-electron chi connectivity index (χ4n) is 7.81. The Bertz CT molecular complexity index is 613. The molecule has 5 aliphatic rings. The molecule has 0 aromatic heterocycles. The Hall–Kier alpha value is -0.340. The molecule has 0 radical (unpaired) electrons. The molecule has 0 bridgehead atoms. The quantitative estimate of drug-likeness (QED) is 0.733. The molecule has 1 spiro atoms. The van der Waals surface area contributed by atoms with E-state index in [1.54, 1.807) is 0 Å². The van der Waals surface area contributed by atoms with Crippen LogP contribution in [0.3, 0.4) is 0 Å². The van der Waals surface area contributed by atoms with Crippen LogP contribution in [0.2, 0.25) is 0 Å². The second-order valence-electron chi connectivity index (χ2n) is 9.32. The van der Waals surface area contributed by atoms with Gasteiger partial charge in [0, 0.05) is 11.8 Å². The second-order valence-corrected chi connectivity index (χ2v) is 9.59. The van der Waals surface area contributed by atoms with Crippen LogP contribution < -0.4 is 0 Å². The van der Waals surface area contributed by atoms with Crippen molar-refractivity contribution in [3.8, 4) is 0 Å². The third kappa shape index (κ3) is 1.59. The predicted octanol–water partition coefficient (Wildman–Crippen LogP) is 4.10. The zero-order chi connectivity index (χ0) is 16.0. The van der Waals surface area contributed by atoms with Gasteiger partial charge in [-0.15, -0.1) is 11.6 Å². The van der Waals surface area contributed by atoms with Crippen LogP contribution in [0.4, 0.5) is 0 Å². The summed E-state index contributed by atoms with van der Waals surface area (Å²) in [5.41, 5.74) is 1.16. The van der Waals surface area contributed by atoms with E-state index in [1.807, 2.05) is 6.08 Å². The largest absolute Gasteiger partial charge is 0.388 e.